The average Bonchev–Trinajstić information content (AvgIpc) is 3.03. The Kier molecular flexibility index (Phi) is 6.89. The van der Waals surface area contributed by atoms with E-state index in [-0.39, 0.29) is 36.5 Å². The van der Waals surface area contributed by atoms with Crippen LogP contribution >= 0.6 is 24.0 Å². The molecule has 1 spiro atoms. The molecule has 7 nitrogen and oxygen atoms in total. The Hall–Kier alpha value is -0.610. The highest BCUT2D eigenvalue weighted by Crippen LogP contribution is 2.62. The number of amides is 1. The standard InChI is InChI=1S/C19H32N4O3.HI/c1-20-18(21-13-4-9-23(10-5-13)15(24)12-25-2)22-16-14-6-11-26-17(14)19(16)7-3-8-19;/h13-14,16-17H,3-12H2,1-2H3,(H2,20,21,22);1H. The number of methoxy groups -OCH3 is 1. The van der Waals surface area contributed by atoms with E-state index in [2.05, 4.69) is 15.6 Å². The van der Waals surface area contributed by atoms with Crippen molar-refractivity contribution in [3.63, 3.8) is 0 Å². The quantitative estimate of drug-likeness (QED) is 0.352. The van der Waals surface area contributed by atoms with Crippen molar-refractivity contribution in [1.29, 1.82) is 0 Å². The lowest BCUT2D eigenvalue weighted by molar-refractivity contribution is -0.171. The van der Waals surface area contributed by atoms with Crippen molar-refractivity contribution in [3.05, 3.63) is 0 Å². The van der Waals surface area contributed by atoms with Crippen LogP contribution in [0.15, 0.2) is 4.99 Å². The van der Waals surface area contributed by atoms with Crippen LogP contribution in [0, 0.1) is 11.3 Å². The molecule has 0 bridgehead atoms. The van der Waals surface area contributed by atoms with Gasteiger partial charge in [-0.15, -0.1) is 24.0 Å². The number of carbonyl (C=O) groups is 1. The highest BCUT2D eigenvalue weighted by Gasteiger charge is 2.66. The Bertz CT molecular complexity index is 561. The third kappa shape index (κ3) is 3.81. The zero-order valence-electron chi connectivity index (χ0n) is 16.4. The number of aliphatic imine (C=N–C) groups is 1. The van der Waals surface area contributed by atoms with Gasteiger partial charge in [0.2, 0.25) is 5.91 Å². The lowest BCUT2D eigenvalue weighted by Gasteiger charge is -2.63. The number of rotatable bonds is 4. The van der Waals surface area contributed by atoms with Crippen LogP contribution in [0.1, 0.15) is 38.5 Å². The summed E-state index contributed by atoms with van der Waals surface area (Å²) in [6, 6.07) is 0.860. The fourth-order valence-corrected chi connectivity index (χ4v) is 5.46. The summed E-state index contributed by atoms with van der Waals surface area (Å²) in [5.74, 6) is 1.64. The second kappa shape index (κ2) is 8.82. The maximum atomic E-state index is 11.9. The number of piperidine rings is 1. The van der Waals surface area contributed by atoms with E-state index in [1.807, 2.05) is 11.9 Å². The van der Waals surface area contributed by atoms with Crippen LogP contribution in [0.2, 0.25) is 0 Å². The van der Waals surface area contributed by atoms with E-state index in [9.17, 15) is 4.79 Å². The second-order valence-corrected chi connectivity index (χ2v) is 8.26. The zero-order chi connectivity index (χ0) is 18.1. The monoisotopic (exact) mass is 492 g/mol. The largest absolute Gasteiger partial charge is 0.377 e. The Labute approximate surface area is 179 Å². The van der Waals surface area contributed by atoms with E-state index in [1.54, 1.807) is 7.11 Å². The number of guanidine groups is 1. The molecule has 2 saturated heterocycles. The minimum absolute atomic E-state index is 0. The Morgan fingerprint density at radius 3 is 2.59 bits per heavy atom. The van der Waals surface area contributed by atoms with Crippen molar-refractivity contribution in [3.8, 4) is 0 Å². The Balaban J connectivity index is 0.00000210. The molecule has 0 radical (unpaired) electrons. The normalized spacial score (nSPS) is 32.1. The van der Waals surface area contributed by atoms with Crippen molar-refractivity contribution in [2.24, 2.45) is 16.3 Å². The summed E-state index contributed by atoms with van der Waals surface area (Å²) in [6.07, 6.45) is 7.42. The lowest BCUT2D eigenvalue weighted by atomic mass is 9.46. The summed E-state index contributed by atoms with van der Waals surface area (Å²) in [5.41, 5.74) is 0.356. The topological polar surface area (TPSA) is 75.2 Å². The molecular formula is C19H33IN4O3. The second-order valence-electron chi connectivity index (χ2n) is 8.26. The van der Waals surface area contributed by atoms with Crippen molar-refractivity contribution in [2.75, 3.05) is 40.5 Å². The first kappa shape index (κ1) is 21.1. The number of fused-ring (bicyclic) bond motifs is 2. The molecule has 4 rings (SSSR count). The molecule has 4 aliphatic rings. The minimum atomic E-state index is 0. The molecule has 4 fully saturated rings. The molecule has 2 heterocycles. The van der Waals surface area contributed by atoms with Gasteiger partial charge in [-0.25, -0.2) is 0 Å². The molecule has 0 aromatic rings. The van der Waals surface area contributed by atoms with Crippen molar-refractivity contribution >= 4 is 35.8 Å². The van der Waals surface area contributed by atoms with Gasteiger partial charge in [0.15, 0.2) is 5.96 Å². The van der Waals surface area contributed by atoms with E-state index in [0.717, 1.165) is 38.5 Å². The van der Waals surface area contributed by atoms with Gasteiger partial charge in [-0.3, -0.25) is 9.79 Å². The number of likely N-dealkylation sites (tertiary alicyclic amines) is 1. The van der Waals surface area contributed by atoms with Gasteiger partial charge in [-0.05, 0) is 32.1 Å². The molecule has 27 heavy (non-hydrogen) atoms. The number of carbonyl (C=O) groups excluding carboxylic acids is 1. The number of hydrogen-bond donors (Lipinski definition) is 2. The van der Waals surface area contributed by atoms with Gasteiger partial charge in [0, 0.05) is 57.3 Å². The summed E-state index contributed by atoms with van der Waals surface area (Å²) in [7, 11) is 3.42. The summed E-state index contributed by atoms with van der Waals surface area (Å²) in [6.45, 7) is 2.65. The van der Waals surface area contributed by atoms with E-state index >= 15 is 0 Å². The summed E-state index contributed by atoms with van der Waals surface area (Å²) < 4.78 is 11.0. The molecule has 0 aromatic heterocycles. The molecule has 154 valence electrons. The smallest absolute Gasteiger partial charge is 0.248 e. The van der Waals surface area contributed by atoms with Crippen LogP contribution in [0.25, 0.3) is 0 Å². The first-order valence-electron chi connectivity index (χ1n) is 10.1. The first-order chi connectivity index (χ1) is 12.7. The molecule has 2 aliphatic carbocycles. The van der Waals surface area contributed by atoms with Gasteiger partial charge < -0.3 is 25.0 Å². The van der Waals surface area contributed by atoms with Gasteiger partial charge in [0.25, 0.3) is 0 Å². The van der Waals surface area contributed by atoms with Gasteiger partial charge in [0.05, 0.1) is 6.10 Å². The third-order valence-corrected chi connectivity index (χ3v) is 7.01. The van der Waals surface area contributed by atoms with Crippen LogP contribution < -0.4 is 10.6 Å². The predicted octanol–water partition coefficient (Wildman–Crippen LogP) is 1.36. The van der Waals surface area contributed by atoms with Gasteiger partial charge in [0.1, 0.15) is 6.61 Å². The predicted molar refractivity (Wildman–Crippen MR) is 114 cm³/mol. The number of halogens is 1. The number of nitrogens with one attached hydrogen (secondary N) is 2. The summed E-state index contributed by atoms with van der Waals surface area (Å²) in [5, 5.41) is 7.32. The molecule has 2 N–H and O–H groups in total. The average molecular weight is 492 g/mol. The van der Waals surface area contributed by atoms with Gasteiger partial charge in [-0.2, -0.15) is 0 Å². The van der Waals surface area contributed by atoms with E-state index in [0.29, 0.717) is 29.5 Å². The highest BCUT2D eigenvalue weighted by molar-refractivity contribution is 14.0. The maximum absolute atomic E-state index is 11.9. The number of hydrogen-bond acceptors (Lipinski definition) is 4. The van der Waals surface area contributed by atoms with Crippen LogP contribution in [0.4, 0.5) is 0 Å². The first-order valence-corrected chi connectivity index (χ1v) is 10.1. The maximum Gasteiger partial charge on any atom is 0.248 e. The summed E-state index contributed by atoms with van der Waals surface area (Å²) in [4.78, 5) is 18.3. The zero-order valence-corrected chi connectivity index (χ0v) is 18.7. The molecule has 2 aliphatic heterocycles. The molecule has 0 aromatic carbocycles. The van der Waals surface area contributed by atoms with E-state index in [4.69, 9.17) is 9.47 Å². The molecule has 3 unspecified atom stereocenters. The van der Waals surface area contributed by atoms with E-state index < -0.39 is 0 Å². The Morgan fingerprint density at radius 2 is 2.00 bits per heavy atom. The van der Waals surface area contributed by atoms with Crippen molar-refractivity contribution in [2.45, 2.75) is 56.7 Å². The third-order valence-electron chi connectivity index (χ3n) is 7.01. The lowest BCUT2D eigenvalue weighted by Crippen LogP contribution is -2.72. The molecular weight excluding hydrogens is 459 g/mol. The molecule has 8 heteroatoms. The van der Waals surface area contributed by atoms with Crippen molar-refractivity contribution in [1.82, 2.24) is 15.5 Å². The van der Waals surface area contributed by atoms with E-state index in [1.165, 1.54) is 25.7 Å². The Morgan fingerprint density at radius 1 is 1.26 bits per heavy atom. The van der Waals surface area contributed by atoms with Crippen LogP contribution in [-0.2, 0) is 14.3 Å². The van der Waals surface area contributed by atoms with Crippen molar-refractivity contribution < 1.29 is 14.3 Å². The fraction of sp³-hybridized carbons (Fsp3) is 0.895. The molecule has 1 amide bonds. The fourth-order valence-electron chi connectivity index (χ4n) is 5.46. The SMILES string of the molecule is CN=C(NC1CCN(C(=O)COC)CC1)NC1C2CCOC2C12CCC2.I. The van der Waals surface area contributed by atoms with Crippen LogP contribution in [0.3, 0.4) is 0 Å². The minimum Gasteiger partial charge on any atom is -0.377 e. The van der Waals surface area contributed by atoms with Gasteiger partial charge in [-0.1, -0.05) is 6.42 Å². The molecule has 3 atom stereocenters. The van der Waals surface area contributed by atoms with Crippen LogP contribution in [-0.4, -0.2) is 75.4 Å². The van der Waals surface area contributed by atoms with Crippen LogP contribution in [0.5, 0.6) is 0 Å². The molecule has 2 saturated carbocycles. The number of ether oxygens (including phenoxy) is 2. The summed E-state index contributed by atoms with van der Waals surface area (Å²) >= 11 is 0. The number of nitrogens with zero attached hydrogens (tertiary/aromatic N) is 2. The highest BCUT2D eigenvalue weighted by atomic mass is 127. The van der Waals surface area contributed by atoms with Gasteiger partial charge >= 0.3 is 0 Å².